The zero-order chi connectivity index (χ0) is 14.8. The number of alkyl halides is 3. The number of halogens is 3. The Kier molecular flexibility index (Phi) is 4.13. The van der Waals surface area contributed by atoms with E-state index in [0.717, 1.165) is 18.1 Å². The van der Waals surface area contributed by atoms with Crippen molar-refractivity contribution in [2.75, 3.05) is 7.05 Å². The van der Waals surface area contributed by atoms with E-state index >= 15 is 0 Å². The molecule has 0 saturated carbocycles. The molecule has 0 fully saturated rings. The van der Waals surface area contributed by atoms with Crippen LogP contribution in [0.3, 0.4) is 0 Å². The summed E-state index contributed by atoms with van der Waals surface area (Å²) in [7, 11) is 1.83. The van der Waals surface area contributed by atoms with Crippen molar-refractivity contribution < 1.29 is 13.2 Å². The van der Waals surface area contributed by atoms with Crippen LogP contribution in [0.2, 0.25) is 0 Å². The van der Waals surface area contributed by atoms with Crippen molar-refractivity contribution in [2.24, 2.45) is 0 Å². The fraction of sp³-hybridized carbons (Fsp3) is 0.357. The summed E-state index contributed by atoms with van der Waals surface area (Å²) < 4.78 is 39.1. The van der Waals surface area contributed by atoms with Crippen molar-refractivity contribution in [1.29, 1.82) is 0 Å². The molecule has 2 aromatic rings. The molecule has 1 aromatic carbocycles. The molecule has 2 rings (SSSR count). The summed E-state index contributed by atoms with van der Waals surface area (Å²) in [6.45, 7) is 2.02. The second kappa shape index (κ2) is 5.66. The highest BCUT2D eigenvalue weighted by molar-refractivity contribution is 5.42. The van der Waals surface area contributed by atoms with E-state index in [4.69, 9.17) is 0 Å². The molecule has 0 aliphatic carbocycles. The molecular formula is C14H16F3N3. The Morgan fingerprint density at radius 2 is 1.95 bits per heavy atom. The Morgan fingerprint density at radius 3 is 2.50 bits per heavy atom. The highest BCUT2D eigenvalue weighted by atomic mass is 19.4. The predicted molar refractivity (Wildman–Crippen MR) is 70.7 cm³/mol. The lowest BCUT2D eigenvalue weighted by Gasteiger charge is -2.18. The molecular weight excluding hydrogens is 267 g/mol. The number of hydrogen-bond donors (Lipinski definition) is 1. The fourth-order valence-corrected chi connectivity index (χ4v) is 2.18. The minimum Gasteiger partial charge on any atom is -0.313 e. The van der Waals surface area contributed by atoms with Crippen LogP contribution < -0.4 is 5.32 Å². The van der Waals surface area contributed by atoms with Gasteiger partial charge in [0.15, 0.2) is 5.69 Å². The van der Waals surface area contributed by atoms with Gasteiger partial charge in [0.2, 0.25) is 0 Å². The van der Waals surface area contributed by atoms with E-state index in [1.807, 2.05) is 26.1 Å². The van der Waals surface area contributed by atoms with Crippen LogP contribution in [0, 0.1) is 0 Å². The van der Waals surface area contributed by atoms with Crippen LogP contribution in [0.15, 0.2) is 36.5 Å². The number of rotatable bonds is 4. The first-order valence-electron chi connectivity index (χ1n) is 6.36. The lowest BCUT2D eigenvalue weighted by Crippen LogP contribution is -2.17. The van der Waals surface area contributed by atoms with Crippen molar-refractivity contribution in [1.82, 2.24) is 15.1 Å². The van der Waals surface area contributed by atoms with Crippen LogP contribution >= 0.6 is 0 Å². The topological polar surface area (TPSA) is 29.9 Å². The van der Waals surface area contributed by atoms with Crippen molar-refractivity contribution in [2.45, 2.75) is 25.6 Å². The van der Waals surface area contributed by atoms with Gasteiger partial charge < -0.3 is 5.32 Å². The highest BCUT2D eigenvalue weighted by Crippen LogP contribution is 2.29. The van der Waals surface area contributed by atoms with E-state index in [9.17, 15) is 13.2 Å². The van der Waals surface area contributed by atoms with Crippen molar-refractivity contribution in [3.8, 4) is 5.69 Å². The molecule has 0 saturated heterocycles. The average molecular weight is 283 g/mol. The van der Waals surface area contributed by atoms with E-state index in [-0.39, 0.29) is 6.04 Å². The Bertz CT molecular complexity index is 571. The quantitative estimate of drug-likeness (QED) is 0.929. The molecule has 6 heteroatoms. The van der Waals surface area contributed by atoms with Gasteiger partial charge in [-0.1, -0.05) is 25.1 Å². The lowest BCUT2D eigenvalue weighted by molar-refractivity contribution is -0.141. The van der Waals surface area contributed by atoms with Crippen LogP contribution in [-0.2, 0) is 6.18 Å². The Balaban J connectivity index is 2.45. The van der Waals surface area contributed by atoms with Crippen LogP contribution in [0.5, 0.6) is 0 Å². The third-order valence-electron chi connectivity index (χ3n) is 3.20. The molecule has 3 nitrogen and oxygen atoms in total. The summed E-state index contributed by atoms with van der Waals surface area (Å²) in [6, 6.07) is 8.38. The maximum Gasteiger partial charge on any atom is 0.435 e. The molecule has 1 heterocycles. The zero-order valence-corrected chi connectivity index (χ0v) is 11.3. The van der Waals surface area contributed by atoms with Crippen molar-refractivity contribution in [3.05, 3.63) is 47.8 Å². The number of nitrogens with one attached hydrogen (secondary N) is 1. The summed E-state index contributed by atoms with van der Waals surface area (Å²) in [5.74, 6) is 0. The van der Waals surface area contributed by atoms with Crippen LogP contribution in [0.1, 0.15) is 30.6 Å². The minimum absolute atomic E-state index is 0.0738. The van der Waals surface area contributed by atoms with Gasteiger partial charge in [0.25, 0.3) is 0 Å². The van der Waals surface area contributed by atoms with Gasteiger partial charge in [-0.2, -0.15) is 18.3 Å². The van der Waals surface area contributed by atoms with Crippen LogP contribution in [-0.4, -0.2) is 16.8 Å². The third kappa shape index (κ3) is 2.85. The summed E-state index contributed by atoms with van der Waals surface area (Å²) in [4.78, 5) is 0. The van der Waals surface area contributed by atoms with Crippen molar-refractivity contribution in [3.63, 3.8) is 0 Å². The number of hydrogen-bond acceptors (Lipinski definition) is 2. The van der Waals surface area contributed by atoms with Crippen molar-refractivity contribution >= 4 is 0 Å². The number of nitrogens with zero attached hydrogens (tertiary/aromatic N) is 2. The number of benzene rings is 1. The maximum absolute atomic E-state index is 12.6. The Labute approximate surface area is 115 Å². The average Bonchev–Trinajstić information content (AvgIpc) is 2.90. The highest BCUT2D eigenvalue weighted by Gasteiger charge is 2.33. The Morgan fingerprint density at radius 1 is 1.25 bits per heavy atom. The van der Waals surface area contributed by atoms with Gasteiger partial charge in [0.05, 0.1) is 5.69 Å². The van der Waals surface area contributed by atoms with Gasteiger partial charge in [-0.05, 0) is 31.2 Å². The standard InChI is InChI=1S/C14H16F3N3/c1-3-11(18-2)10-6-4-5-7-12(10)20-9-8-13(19-20)14(15,16)17/h4-9,11,18H,3H2,1-2H3. The second-order valence-corrected chi connectivity index (χ2v) is 4.45. The zero-order valence-electron chi connectivity index (χ0n) is 11.3. The fourth-order valence-electron chi connectivity index (χ4n) is 2.18. The smallest absolute Gasteiger partial charge is 0.313 e. The first-order chi connectivity index (χ1) is 9.47. The van der Waals surface area contributed by atoms with Gasteiger partial charge in [-0.15, -0.1) is 0 Å². The van der Waals surface area contributed by atoms with Gasteiger partial charge in [0, 0.05) is 12.2 Å². The Hall–Kier alpha value is -1.82. The second-order valence-electron chi connectivity index (χ2n) is 4.45. The van der Waals surface area contributed by atoms with E-state index in [0.29, 0.717) is 5.69 Å². The molecule has 0 aliphatic rings. The van der Waals surface area contributed by atoms with Crippen LogP contribution in [0.25, 0.3) is 5.69 Å². The van der Waals surface area contributed by atoms with Gasteiger partial charge in [-0.25, -0.2) is 4.68 Å². The summed E-state index contributed by atoms with van der Waals surface area (Å²) in [5, 5.41) is 6.78. The number of aromatic nitrogens is 2. The molecule has 1 N–H and O–H groups in total. The molecule has 0 amide bonds. The van der Waals surface area contributed by atoms with E-state index in [1.165, 1.54) is 10.9 Å². The molecule has 0 aliphatic heterocycles. The van der Waals surface area contributed by atoms with E-state index in [2.05, 4.69) is 10.4 Å². The largest absolute Gasteiger partial charge is 0.435 e. The molecule has 1 atom stereocenters. The SMILES string of the molecule is CCC(NC)c1ccccc1-n1ccc(C(F)(F)F)n1. The van der Waals surface area contributed by atoms with Gasteiger partial charge in [-0.3, -0.25) is 0 Å². The van der Waals surface area contributed by atoms with E-state index < -0.39 is 11.9 Å². The molecule has 0 spiro atoms. The van der Waals surface area contributed by atoms with Gasteiger partial charge in [0.1, 0.15) is 0 Å². The lowest BCUT2D eigenvalue weighted by atomic mass is 10.0. The maximum atomic E-state index is 12.6. The summed E-state index contributed by atoms with van der Waals surface area (Å²) >= 11 is 0. The third-order valence-corrected chi connectivity index (χ3v) is 3.20. The molecule has 0 bridgehead atoms. The number of para-hydroxylation sites is 1. The summed E-state index contributed by atoms with van der Waals surface area (Å²) in [5.41, 5.74) is 0.698. The molecule has 108 valence electrons. The van der Waals surface area contributed by atoms with Crippen LogP contribution in [0.4, 0.5) is 13.2 Å². The van der Waals surface area contributed by atoms with Gasteiger partial charge >= 0.3 is 6.18 Å². The molecule has 0 radical (unpaired) electrons. The monoisotopic (exact) mass is 283 g/mol. The molecule has 1 aromatic heterocycles. The first kappa shape index (κ1) is 14.6. The minimum atomic E-state index is -4.42. The predicted octanol–water partition coefficient (Wildman–Crippen LogP) is 3.56. The van der Waals surface area contributed by atoms with E-state index in [1.54, 1.807) is 12.1 Å². The molecule has 20 heavy (non-hydrogen) atoms. The molecule has 1 unspecified atom stereocenters. The first-order valence-corrected chi connectivity index (χ1v) is 6.36. The normalized spacial score (nSPS) is 13.4. The summed E-state index contributed by atoms with van der Waals surface area (Å²) in [6.07, 6.45) is -2.25.